The van der Waals surface area contributed by atoms with E-state index in [1.165, 1.54) is 0 Å². The highest BCUT2D eigenvalue weighted by atomic mass is 79.9. The van der Waals surface area contributed by atoms with E-state index in [0.717, 1.165) is 16.5 Å². The Bertz CT molecular complexity index is 391. The number of ether oxygens (including phenoxy) is 1. The predicted molar refractivity (Wildman–Crippen MR) is 70.1 cm³/mol. The second-order valence-electron chi connectivity index (χ2n) is 4.14. The highest BCUT2D eigenvalue weighted by molar-refractivity contribution is 9.10. The lowest BCUT2D eigenvalue weighted by Gasteiger charge is -2.35. The minimum Gasteiger partial charge on any atom is -0.377 e. The molecule has 92 valence electrons. The van der Waals surface area contributed by atoms with Gasteiger partial charge in [-0.2, -0.15) is 0 Å². The summed E-state index contributed by atoms with van der Waals surface area (Å²) < 4.78 is 6.40. The third-order valence-electron chi connectivity index (χ3n) is 3.05. The molecule has 1 aliphatic heterocycles. The zero-order valence-corrected chi connectivity index (χ0v) is 11.4. The molecule has 0 N–H and O–H groups in total. The molecule has 4 heteroatoms. The van der Waals surface area contributed by atoms with E-state index < -0.39 is 0 Å². The van der Waals surface area contributed by atoms with E-state index in [4.69, 9.17) is 4.74 Å². The van der Waals surface area contributed by atoms with Gasteiger partial charge in [0.05, 0.1) is 19.3 Å². The van der Waals surface area contributed by atoms with Gasteiger partial charge < -0.3 is 9.64 Å². The number of hydrogen-bond acceptors (Lipinski definition) is 2. The smallest absolute Gasteiger partial charge is 0.254 e. The topological polar surface area (TPSA) is 29.5 Å². The molecule has 17 heavy (non-hydrogen) atoms. The summed E-state index contributed by atoms with van der Waals surface area (Å²) in [6.07, 6.45) is 0.933. The number of nitrogens with zero attached hydrogens (tertiary/aromatic N) is 1. The number of benzene rings is 1. The number of morpholine rings is 1. The first-order chi connectivity index (χ1) is 8.22. The molecule has 1 atom stereocenters. The Morgan fingerprint density at radius 3 is 2.82 bits per heavy atom. The molecular weight excluding hydrogens is 282 g/mol. The fourth-order valence-corrected chi connectivity index (χ4v) is 2.28. The van der Waals surface area contributed by atoms with E-state index in [1.54, 1.807) is 0 Å². The van der Waals surface area contributed by atoms with Crippen molar-refractivity contribution in [3.63, 3.8) is 0 Å². The molecule has 1 saturated heterocycles. The van der Waals surface area contributed by atoms with E-state index in [-0.39, 0.29) is 11.9 Å². The normalized spacial score (nSPS) is 20.4. The Morgan fingerprint density at radius 2 is 2.18 bits per heavy atom. The Morgan fingerprint density at radius 1 is 1.47 bits per heavy atom. The van der Waals surface area contributed by atoms with Crippen molar-refractivity contribution in [1.82, 2.24) is 4.90 Å². The lowest BCUT2D eigenvalue weighted by atomic mass is 10.1. The maximum Gasteiger partial charge on any atom is 0.254 e. The third kappa shape index (κ3) is 2.87. The van der Waals surface area contributed by atoms with Crippen LogP contribution in [-0.2, 0) is 4.74 Å². The molecule has 2 rings (SSSR count). The SMILES string of the molecule is CCC1COCCN1C(=O)c1ccc(Br)cc1. The maximum atomic E-state index is 12.3. The van der Waals surface area contributed by atoms with Crippen LogP contribution >= 0.6 is 15.9 Å². The monoisotopic (exact) mass is 297 g/mol. The van der Waals surface area contributed by atoms with Crippen LogP contribution in [0.15, 0.2) is 28.7 Å². The lowest BCUT2D eigenvalue weighted by Crippen LogP contribution is -2.48. The molecule has 1 unspecified atom stereocenters. The molecule has 1 fully saturated rings. The molecule has 0 bridgehead atoms. The van der Waals surface area contributed by atoms with Gasteiger partial charge in [-0.05, 0) is 30.7 Å². The number of carbonyl (C=O) groups excluding carboxylic acids is 1. The summed E-state index contributed by atoms with van der Waals surface area (Å²) in [5, 5.41) is 0. The van der Waals surface area contributed by atoms with E-state index in [0.29, 0.717) is 19.8 Å². The number of amides is 1. The van der Waals surface area contributed by atoms with Crippen LogP contribution in [0.2, 0.25) is 0 Å². The van der Waals surface area contributed by atoms with Crippen LogP contribution in [0.5, 0.6) is 0 Å². The molecule has 0 aliphatic carbocycles. The molecule has 1 aromatic carbocycles. The van der Waals surface area contributed by atoms with Gasteiger partial charge in [-0.1, -0.05) is 22.9 Å². The van der Waals surface area contributed by atoms with Crippen molar-refractivity contribution in [3.05, 3.63) is 34.3 Å². The van der Waals surface area contributed by atoms with Gasteiger partial charge in [0.25, 0.3) is 5.91 Å². The Balaban J connectivity index is 2.15. The summed E-state index contributed by atoms with van der Waals surface area (Å²) in [5.41, 5.74) is 0.744. The second kappa shape index (κ2) is 5.65. The van der Waals surface area contributed by atoms with Crippen LogP contribution in [0.25, 0.3) is 0 Å². The standard InChI is InChI=1S/C13H16BrNO2/c1-2-12-9-17-8-7-15(12)13(16)10-3-5-11(14)6-4-10/h3-6,12H,2,7-9H2,1H3. The number of halogens is 1. The van der Waals surface area contributed by atoms with Crippen molar-refractivity contribution >= 4 is 21.8 Å². The third-order valence-corrected chi connectivity index (χ3v) is 3.58. The van der Waals surface area contributed by atoms with Crippen LogP contribution in [0, 0.1) is 0 Å². The number of carbonyl (C=O) groups is 1. The van der Waals surface area contributed by atoms with Crippen LogP contribution in [-0.4, -0.2) is 36.6 Å². The molecule has 3 nitrogen and oxygen atoms in total. The van der Waals surface area contributed by atoms with Crippen molar-refractivity contribution in [2.24, 2.45) is 0 Å². The van der Waals surface area contributed by atoms with Gasteiger partial charge in [-0.3, -0.25) is 4.79 Å². The zero-order chi connectivity index (χ0) is 12.3. The lowest BCUT2D eigenvalue weighted by molar-refractivity contribution is -0.00279. The van der Waals surface area contributed by atoms with Crippen LogP contribution in [0.1, 0.15) is 23.7 Å². The van der Waals surface area contributed by atoms with Gasteiger partial charge in [0, 0.05) is 16.6 Å². The molecular formula is C13H16BrNO2. The van der Waals surface area contributed by atoms with Crippen molar-refractivity contribution in [2.75, 3.05) is 19.8 Å². The Labute approximate surface area is 110 Å². The summed E-state index contributed by atoms with van der Waals surface area (Å²) in [6, 6.07) is 7.71. The van der Waals surface area contributed by atoms with Gasteiger partial charge in [-0.15, -0.1) is 0 Å². The molecule has 0 saturated carbocycles. The molecule has 1 aliphatic rings. The quantitative estimate of drug-likeness (QED) is 0.840. The van der Waals surface area contributed by atoms with Gasteiger partial charge >= 0.3 is 0 Å². The maximum absolute atomic E-state index is 12.3. The van der Waals surface area contributed by atoms with E-state index >= 15 is 0 Å². The Kier molecular flexibility index (Phi) is 4.18. The van der Waals surface area contributed by atoms with Crippen LogP contribution in [0.4, 0.5) is 0 Å². The molecule has 1 aromatic rings. The van der Waals surface area contributed by atoms with Crippen LogP contribution in [0.3, 0.4) is 0 Å². The summed E-state index contributed by atoms with van der Waals surface area (Å²) in [4.78, 5) is 14.3. The summed E-state index contributed by atoms with van der Waals surface area (Å²) in [5.74, 6) is 0.104. The van der Waals surface area contributed by atoms with Crippen LogP contribution < -0.4 is 0 Å². The van der Waals surface area contributed by atoms with E-state index in [1.807, 2.05) is 29.2 Å². The fraction of sp³-hybridized carbons (Fsp3) is 0.462. The fourth-order valence-electron chi connectivity index (χ4n) is 2.02. The van der Waals surface area contributed by atoms with Crippen molar-refractivity contribution in [2.45, 2.75) is 19.4 Å². The van der Waals surface area contributed by atoms with E-state index in [9.17, 15) is 4.79 Å². The minimum atomic E-state index is 0.104. The largest absolute Gasteiger partial charge is 0.377 e. The summed E-state index contributed by atoms with van der Waals surface area (Å²) >= 11 is 3.37. The molecule has 0 radical (unpaired) electrons. The summed E-state index contributed by atoms with van der Waals surface area (Å²) in [6.45, 7) is 4.06. The molecule has 0 spiro atoms. The first-order valence-corrected chi connectivity index (χ1v) is 6.66. The average Bonchev–Trinajstić information content (AvgIpc) is 2.39. The van der Waals surface area contributed by atoms with Gasteiger partial charge in [0.2, 0.25) is 0 Å². The first kappa shape index (κ1) is 12.6. The number of hydrogen-bond donors (Lipinski definition) is 0. The average molecular weight is 298 g/mol. The van der Waals surface area contributed by atoms with Gasteiger partial charge in [0.15, 0.2) is 0 Å². The molecule has 1 amide bonds. The minimum absolute atomic E-state index is 0.104. The summed E-state index contributed by atoms with van der Waals surface area (Å²) in [7, 11) is 0. The first-order valence-electron chi connectivity index (χ1n) is 5.86. The highest BCUT2D eigenvalue weighted by Gasteiger charge is 2.26. The second-order valence-corrected chi connectivity index (χ2v) is 5.06. The van der Waals surface area contributed by atoms with Gasteiger partial charge in [0.1, 0.15) is 0 Å². The van der Waals surface area contributed by atoms with Gasteiger partial charge in [-0.25, -0.2) is 0 Å². The van der Waals surface area contributed by atoms with Crippen molar-refractivity contribution in [1.29, 1.82) is 0 Å². The molecule has 0 aromatic heterocycles. The van der Waals surface area contributed by atoms with Crippen molar-refractivity contribution < 1.29 is 9.53 Å². The highest BCUT2D eigenvalue weighted by Crippen LogP contribution is 2.16. The predicted octanol–water partition coefficient (Wildman–Crippen LogP) is 2.70. The Hall–Kier alpha value is -0.870. The number of rotatable bonds is 2. The van der Waals surface area contributed by atoms with E-state index in [2.05, 4.69) is 22.9 Å². The zero-order valence-electron chi connectivity index (χ0n) is 9.86. The van der Waals surface area contributed by atoms with Crippen molar-refractivity contribution in [3.8, 4) is 0 Å². The molecule has 1 heterocycles.